The Morgan fingerprint density at radius 2 is 1.90 bits per heavy atom. The van der Waals surface area contributed by atoms with Crippen LogP contribution in [-0.2, 0) is 13.0 Å². The Morgan fingerprint density at radius 1 is 1.13 bits per heavy atom. The maximum absolute atomic E-state index is 13.3. The van der Waals surface area contributed by atoms with Crippen molar-refractivity contribution >= 4 is 28.6 Å². The number of anilines is 2. The van der Waals surface area contributed by atoms with Crippen LogP contribution in [0.4, 0.5) is 15.8 Å². The van der Waals surface area contributed by atoms with Crippen molar-refractivity contribution in [3.8, 4) is 11.3 Å². The van der Waals surface area contributed by atoms with Crippen LogP contribution in [0.2, 0.25) is 0 Å². The first-order valence-electron chi connectivity index (χ1n) is 10.0. The van der Waals surface area contributed by atoms with E-state index in [0.29, 0.717) is 28.3 Å². The second kappa shape index (κ2) is 8.00. The van der Waals surface area contributed by atoms with Crippen molar-refractivity contribution in [3.05, 3.63) is 87.6 Å². The summed E-state index contributed by atoms with van der Waals surface area (Å²) in [5.74, 6) is -0.251. The molecule has 4 aromatic rings. The summed E-state index contributed by atoms with van der Waals surface area (Å²) in [6, 6.07) is 15.9. The van der Waals surface area contributed by atoms with E-state index in [9.17, 15) is 9.18 Å². The molecule has 156 valence electrons. The summed E-state index contributed by atoms with van der Waals surface area (Å²) in [6.07, 6.45) is 1.06. The van der Waals surface area contributed by atoms with Crippen molar-refractivity contribution in [3.63, 3.8) is 0 Å². The SMILES string of the molecule is Cc1onc(-c2ccc(F)cc2)c1C(=O)Nc1ccc(N2CCc3sccc3C2)cc1. The molecule has 2 aromatic heterocycles. The van der Waals surface area contributed by atoms with Gasteiger partial charge in [-0.3, -0.25) is 4.79 Å². The van der Waals surface area contributed by atoms with Crippen LogP contribution in [0.3, 0.4) is 0 Å². The molecule has 5 rings (SSSR count). The molecule has 2 aromatic carbocycles. The summed E-state index contributed by atoms with van der Waals surface area (Å²) in [5, 5.41) is 9.07. The van der Waals surface area contributed by atoms with E-state index in [1.807, 2.05) is 35.6 Å². The van der Waals surface area contributed by atoms with Crippen LogP contribution in [0.5, 0.6) is 0 Å². The molecule has 31 heavy (non-hydrogen) atoms. The molecule has 1 N–H and O–H groups in total. The van der Waals surface area contributed by atoms with Crippen molar-refractivity contribution in [1.29, 1.82) is 0 Å². The molecule has 5 nitrogen and oxygen atoms in total. The van der Waals surface area contributed by atoms with Crippen LogP contribution < -0.4 is 10.2 Å². The molecule has 1 amide bonds. The smallest absolute Gasteiger partial charge is 0.261 e. The fourth-order valence-electron chi connectivity index (χ4n) is 3.86. The third kappa shape index (κ3) is 3.84. The summed E-state index contributed by atoms with van der Waals surface area (Å²) in [6.45, 7) is 3.58. The average Bonchev–Trinajstić information content (AvgIpc) is 3.40. The van der Waals surface area contributed by atoms with E-state index in [4.69, 9.17) is 4.52 Å². The van der Waals surface area contributed by atoms with Crippen molar-refractivity contribution in [1.82, 2.24) is 5.16 Å². The largest absolute Gasteiger partial charge is 0.367 e. The molecule has 0 atom stereocenters. The van der Waals surface area contributed by atoms with E-state index < -0.39 is 0 Å². The molecule has 3 heterocycles. The minimum atomic E-state index is -0.348. The molecule has 0 saturated heterocycles. The van der Waals surface area contributed by atoms with Crippen LogP contribution in [-0.4, -0.2) is 17.6 Å². The number of benzene rings is 2. The Bertz CT molecular complexity index is 1230. The van der Waals surface area contributed by atoms with Gasteiger partial charge in [-0.1, -0.05) is 5.16 Å². The topological polar surface area (TPSA) is 58.4 Å². The third-order valence-electron chi connectivity index (χ3n) is 5.51. The third-order valence-corrected chi connectivity index (χ3v) is 6.53. The molecule has 0 fully saturated rings. The standard InChI is InChI=1S/C24H20FN3O2S/c1-15-22(23(27-30-15)16-2-4-18(25)5-3-16)24(29)26-19-6-8-20(9-7-19)28-12-10-21-17(14-28)11-13-31-21/h2-9,11,13H,10,12,14H2,1H3,(H,26,29). The Balaban J connectivity index is 1.33. The molecule has 0 radical (unpaired) electrons. The minimum Gasteiger partial charge on any atom is -0.367 e. The molecule has 1 aliphatic rings. The lowest BCUT2D eigenvalue weighted by Crippen LogP contribution is -2.29. The normalized spacial score (nSPS) is 13.2. The number of fused-ring (bicyclic) bond motifs is 1. The van der Waals surface area contributed by atoms with Crippen LogP contribution in [0.25, 0.3) is 11.3 Å². The lowest BCUT2D eigenvalue weighted by Gasteiger charge is -2.29. The van der Waals surface area contributed by atoms with Crippen LogP contribution >= 0.6 is 11.3 Å². The Hall–Kier alpha value is -3.45. The van der Waals surface area contributed by atoms with Crippen molar-refractivity contribution in [2.45, 2.75) is 19.9 Å². The molecule has 0 aliphatic carbocycles. The van der Waals surface area contributed by atoms with E-state index in [0.717, 1.165) is 25.2 Å². The predicted octanol–water partition coefficient (Wildman–Crippen LogP) is 5.67. The number of carbonyl (C=O) groups excluding carboxylic acids is 1. The Morgan fingerprint density at radius 3 is 2.68 bits per heavy atom. The second-order valence-corrected chi connectivity index (χ2v) is 8.51. The number of hydrogen-bond donors (Lipinski definition) is 1. The highest BCUT2D eigenvalue weighted by Crippen LogP contribution is 2.29. The van der Waals surface area contributed by atoms with Gasteiger partial charge in [0.05, 0.1) is 0 Å². The lowest BCUT2D eigenvalue weighted by molar-refractivity contribution is 0.102. The van der Waals surface area contributed by atoms with E-state index in [-0.39, 0.29) is 11.7 Å². The number of carbonyl (C=O) groups is 1. The summed E-state index contributed by atoms with van der Waals surface area (Å²) in [5.41, 5.74) is 4.57. The molecular weight excluding hydrogens is 413 g/mol. The first-order valence-corrected chi connectivity index (χ1v) is 10.9. The van der Waals surface area contributed by atoms with Crippen molar-refractivity contribution in [2.24, 2.45) is 0 Å². The minimum absolute atomic E-state index is 0.313. The molecule has 0 saturated carbocycles. The Kier molecular flexibility index (Phi) is 5.03. The maximum atomic E-state index is 13.3. The number of halogens is 1. The molecule has 1 aliphatic heterocycles. The zero-order valence-corrected chi connectivity index (χ0v) is 17.7. The summed E-state index contributed by atoms with van der Waals surface area (Å²) in [7, 11) is 0. The quantitative estimate of drug-likeness (QED) is 0.451. The fourth-order valence-corrected chi connectivity index (χ4v) is 4.75. The number of nitrogens with one attached hydrogen (secondary N) is 1. The van der Waals surface area contributed by atoms with E-state index in [1.54, 1.807) is 19.1 Å². The van der Waals surface area contributed by atoms with Crippen molar-refractivity contribution < 1.29 is 13.7 Å². The molecular formula is C24H20FN3O2S. The number of aryl methyl sites for hydroxylation is 1. The van der Waals surface area contributed by atoms with Gasteiger partial charge in [-0.05, 0) is 78.9 Å². The van der Waals surface area contributed by atoms with Gasteiger partial charge in [0.2, 0.25) is 0 Å². The molecule has 0 bridgehead atoms. The van der Waals surface area contributed by atoms with Gasteiger partial charge in [-0.25, -0.2) is 4.39 Å². The average molecular weight is 434 g/mol. The maximum Gasteiger partial charge on any atom is 0.261 e. The van der Waals surface area contributed by atoms with Crippen molar-refractivity contribution in [2.75, 3.05) is 16.8 Å². The van der Waals surface area contributed by atoms with E-state index in [2.05, 4.69) is 26.8 Å². The highest BCUT2D eigenvalue weighted by molar-refractivity contribution is 7.10. The first-order chi connectivity index (χ1) is 15.1. The first kappa shape index (κ1) is 19.5. The van der Waals surface area contributed by atoms with Gasteiger partial charge < -0.3 is 14.7 Å². The summed E-state index contributed by atoms with van der Waals surface area (Å²) < 4.78 is 18.5. The van der Waals surface area contributed by atoms with Crippen LogP contribution in [0.15, 0.2) is 64.5 Å². The highest BCUT2D eigenvalue weighted by Gasteiger charge is 2.22. The van der Waals surface area contributed by atoms with Gasteiger partial charge in [0.25, 0.3) is 5.91 Å². The molecule has 0 spiro atoms. The van der Waals surface area contributed by atoms with Gasteiger partial charge >= 0.3 is 0 Å². The zero-order valence-electron chi connectivity index (χ0n) is 16.9. The zero-order chi connectivity index (χ0) is 21.4. The predicted molar refractivity (Wildman–Crippen MR) is 120 cm³/mol. The van der Waals surface area contributed by atoms with Crippen LogP contribution in [0, 0.1) is 12.7 Å². The van der Waals surface area contributed by atoms with E-state index in [1.165, 1.54) is 22.6 Å². The number of aromatic nitrogens is 1. The second-order valence-electron chi connectivity index (χ2n) is 7.51. The number of rotatable bonds is 4. The van der Waals surface area contributed by atoms with Gasteiger partial charge in [0, 0.05) is 34.9 Å². The number of amides is 1. The van der Waals surface area contributed by atoms with Gasteiger partial charge in [-0.2, -0.15) is 0 Å². The number of hydrogen-bond acceptors (Lipinski definition) is 5. The Labute approximate surface area is 183 Å². The van der Waals surface area contributed by atoms with Crippen LogP contribution in [0.1, 0.15) is 26.6 Å². The van der Waals surface area contributed by atoms with Gasteiger partial charge in [-0.15, -0.1) is 11.3 Å². The lowest BCUT2D eigenvalue weighted by atomic mass is 10.1. The monoisotopic (exact) mass is 433 g/mol. The van der Waals surface area contributed by atoms with Gasteiger partial charge in [0.15, 0.2) is 0 Å². The fraction of sp³-hybridized carbons (Fsp3) is 0.167. The molecule has 0 unspecified atom stereocenters. The highest BCUT2D eigenvalue weighted by atomic mass is 32.1. The summed E-state index contributed by atoms with van der Waals surface area (Å²) >= 11 is 1.83. The molecule has 7 heteroatoms. The van der Waals surface area contributed by atoms with E-state index >= 15 is 0 Å². The number of nitrogens with zero attached hydrogens (tertiary/aromatic N) is 2. The summed E-state index contributed by atoms with van der Waals surface area (Å²) in [4.78, 5) is 16.8. The number of thiophene rings is 1. The van der Waals surface area contributed by atoms with Gasteiger partial charge in [0.1, 0.15) is 22.8 Å².